The van der Waals surface area contributed by atoms with Crippen LogP contribution in [-0.4, -0.2) is 19.1 Å². The van der Waals surface area contributed by atoms with Gasteiger partial charge >= 0.3 is 5.97 Å². The first-order valence-electron chi connectivity index (χ1n) is 7.59. The molecule has 0 heterocycles. The monoisotopic (exact) mass is 275 g/mol. The van der Waals surface area contributed by atoms with E-state index in [9.17, 15) is 4.79 Å². The predicted octanol–water partition coefficient (Wildman–Crippen LogP) is 4.16. The van der Waals surface area contributed by atoms with Crippen LogP contribution in [0, 0.1) is 12.8 Å². The minimum atomic E-state index is -0.275. The van der Waals surface area contributed by atoms with Crippen LogP contribution in [0.25, 0.3) is 0 Å². The van der Waals surface area contributed by atoms with Gasteiger partial charge in [-0.05, 0) is 62.3 Å². The van der Waals surface area contributed by atoms with Gasteiger partial charge in [0, 0.05) is 11.7 Å². The number of esters is 1. The first-order chi connectivity index (χ1) is 9.63. The van der Waals surface area contributed by atoms with Crippen molar-refractivity contribution in [2.75, 3.05) is 12.4 Å². The van der Waals surface area contributed by atoms with Gasteiger partial charge < -0.3 is 10.1 Å². The lowest BCUT2D eigenvalue weighted by Gasteiger charge is -2.29. The van der Waals surface area contributed by atoms with Crippen molar-refractivity contribution in [2.45, 2.75) is 52.0 Å². The number of anilines is 1. The molecule has 1 aliphatic rings. The number of carbonyl (C=O) groups excluding carboxylic acids is 1. The minimum absolute atomic E-state index is 0.275. The van der Waals surface area contributed by atoms with Gasteiger partial charge in [0.25, 0.3) is 0 Å². The lowest BCUT2D eigenvalue weighted by atomic mass is 9.84. The molecule has 0 spiro atoms. The summed E-state index contributed by atoms with van der Waals surface area (Å²) in [5, 5.41) is 3.63. The minimum Gasteiger partial charge on any atom is -0.465 e. The van der Waals surface area contributed by atoms with E-state index in [0.717, 1.165) is 17.2 Å². The second-order valence-electron chi connectivity index (χ2n) is 5.79. The van der Waals surface area contributed by atoms with Crippen LogP contribution in [0.4, 0.5) is 5.69 Å². The van der Waals surface area contributed by atoms with Gasteiger partial charge in [-0.25, -0.2) is 4.79 Å². The molecule has 110 valence electrons. The van der Waals surface area contributed by atoms with E-state index in [2.05, 4.69) is 12.2 Å². The molecule has 0 amide bonds. The summed E-state index contributed by atoms with van der Waals surface area (Å²) in [7, 11) is 1.41. The van der Waals surface area contributed by atoms with E-state index < -0.39 is 0 Å². The highest BCUT2D eigenvalue weighted by Gasteiger charge is 2.20. The Labute approximate surface area is 121 Å². The van der Waals surface area contributed by atoms with Crippen molar-refractivity contribution in [1.29, 1.82) is 0 Å². The number of carbonyl (C=O) groups is 1. The molecule has 1 aliphatic carbocycles. The summed E-state index contributed by atoms with van der Waals surface area (Å²) in [5.74, 6) is 0.638. The lowest BCUT2D eigenvalue weighted by Crippen LogP contribution is -2.26. The predicted molar refractivity (Wildman–Crippen MR) is 82.2 cm³/mol. The molecule has 3 nitrogen and oxygen atoms in total. The van der Waals surface area contributed by atoms with Crippen molar-refractivity contribution in [3.63, 3.8) is 0 Å². The van der Waals surface area contributed by atoms with Crippen molar-refractivity contribution in [1.82, 2.24) is 0 Å². The fraction of sp³-hybridized carbons (Fsp3) is 0.588. The largest absolute Gasteiger partial charge is 0.465 e. The summed E-state index contributed by atoms with van der Waals surface area (Å²) < 4.78 is 4.75. The number of aryl methyl sites for hydroxylation is 1. The van der Waals surface area contributed by atoms with E-state index >= 15 is 0 Å². The Balaban J connectivity index is 1.98. The molecule has 1 aromatic rings. The van der Waals surface area contributed by atoms with Crippen LogP contribution < -0.4 is 5.32 Å². The van der Waals surface area contributed by atoms with Crippen LogP contribution in [0.2, 0.25) is 0 Å². The summed E-state index contributed by atoms with van der Waals surface area (Å²) in [5.41, 5.74) is 2.85. The summed E-state index contributed by atoms with van der Waals surface area (Å²) >= 11 is 0. The third-order valence-electron chi connectivity index (χ3n) is 4.43. The fourth-order valence-electron chi connectivity index (χ4n) is 3.01. The van der Waals surface area contributed by atoms with E-state index in [1.54, 1.807) is 0 Å². The zero-order chi connectivity index (χ0) is 14.5. The highest BCUT2D eigenvalue weighted by atomic mass is 16.5. The molecule has 1 N–H and O–H groups in total. The molecule has 0 atom stereocenters. The van der Waals surface area contributed by atoms with Gasteiger partial charge in [0.05, 0.1) is 12.7 Å². The van der Waals surface area contributed by atoms with Crippen LogP contribution >= 0.6 is 0 Å². The molecular formula is C17H25NO2. The Morgan fingerprint density at radius 3 is 2.55 bits per heavy atom. The molecule has 3 heteroatoms. The van der Waals surface area contributed by atoms with Gasteiger partial charge in [0.15, 0.2) is 0 Å². The standard InChI is InChI=1S/C17H25NO2/c1-4-13-5-8-15(9-6-13)18-16-10-7-14(11-12(16)2)17(19)20-3/h7,10-11,13,15,18H,4-6,8-9H2,1-3H3. The number of methoxy groups -OCH3 is 1. The molecule has 2 rings (SSSR count). The normalized spacial score (nSPS) is 22.4. The average molecular weight is 275 g/mol. The summed E-state index contributed by atoms with van der Waals surface area (Å²) in [6.45, 7) is 4.32. The van der Waals surface area contributed by atoms with Crippen molar-refractivity contribution in [3.05, 3.63) is 29.3 Å². The smallest absolute Gasteiger partial charge is 0.337 e. The third kappa shape index (κ3) is 3.53. The molecule has 0 unspecified atom stereocenters. The van der Waals surface area contributed by atoms with Crippen LogP contribution in [0.1, 0.15) is 54.9 Å². The van der Waals surface area contributed by atoms with Gasteiger partial charge in [-0.3, -0.25) is 0 Å². The van der Waals surface area contributed by atoms with Crippen molar-refractivity contribution in [3.8, 4) is 0 Å². The van der Waals surface area contributed by atoms with Gasteiger partial charge in [0.2, 0.25) is 0 Å². The van der Waals surface area contributed by atoms with Crippen LogP contribution in [-0.2, 0) is 4.74 Å². The van der Waals surface area contributed by atoms with Crippen molar-refractivity contribution in [2.24, 2.45) is 5.92 Å². The molecule has 1 saturated carbocycles. The summed E-state index contributed by atoms with van der Waals surface area (Å²) in [6, 6.07) is 6.29. The molecule has 0 aromatic heterocycles. The van der Waals surface area contributed by atoms with Gasteiger partial charge in [0.1, 0.15) is 0 Å². The SMILES string of the molecule is CCC1CCC(Nc2ccc(C(=O)OC)cc2C)CC1. The third-order valence-corrected chi connectivity index (χ3v) is 4.43. The van der Waals surface area contributed by atoms with Crippen LogP contribution in [0.5, 0.6) is 0 Å². The number of hydrogen-bond acceptors (Lipinski definition) is 3. The number of benzene rings is 1. The molecule has 0 saturated heterocycles. The second-order valence-corrected chi connectivity index (χ2v) is 5.79. The highest BCUT2D eigenvalue weighted by Crippen LogP contribution is 2.29. The maximum absolute atomic E-state index is 11.5. The molecule has 0 bridgehead atoms. The lowest BCUT2D eigenvalue weighted by molar-refractivity contribution is 0.0600. The zero-order valence-corrected chi connectivity index (χ0v) is 12.7. The Kier molecular flexibility index (Phi) is 5.05. The Morgan fingerprint density at radius 2 is 2.00 bits per heavy atom. The molecule has 1 aromatic carbocycles. The van der Waals surface area contributed by atoms with E-state index in [-0.39, 0.29) is 5.97 Å². The van der Waals surface area contributed by atoms with Crippen molar-refractivity contribution >= 4 is 11.7 Å². The first kappa shape index (κ1) is 14.9. The van der Waals surface area contributed by atoms with Gasteiger partial charge in [-0.1, -0.05) is 13.3 Å². The van der Waals surface area contributed by atoms with E-state index in [1.807, 2.05) is 25.1 Å². The quantitative estimate of drug-likeness (QED) is 0.838. The number of rotatable bonds is 4. The molecule has 20 heavy (non-hydrogen) atoms. The fourth-order valence-corrected chi connectivity index (χ4v) is 3.01. The Morgan fingerprint density at radius 1 is 1.30 bits per heavy atom. The molecule has 1 fully saturated rings. The second kappa shape index (κ2) is 6.78. The Bertz CT molecular complexity index is 462. The summed E-state index contributed by atoms with van der Waals surface area (Å²) in [6.07, 6.45) is 6.45. The van der Waals surface area contributed by atoms with E-state index in [4.69, 9.17) is 4.74 Å². The maximum Gasteiger partial charge on any atom is 0.337 e. The average Bonchev–Trinajstić information content (AvgIpc) is 2.49. The van der Waals surface area contributed by atoms with Gasteiger partial charge in [-0.2, -0.15) is 0 Å². The topological polar surface area (TPSA) is 38.3 Å². The van der Waals surface area contributed by atoms with Crippen LogP contribution in [0.3, 0.4) is 0 Å². The molecule has 0 radical (unpaired) electrons. The molecule has 0 aliphatic heterocycles. The summed E-state index contributed by atoms with van der Waals surface area (Å²) in [4.78, 5) is 11.5. The zero-order valence-electron chi connectivity index (χ0n) is 12.7. The van der Waals surface area contributed by atoms with E-state index in [1.165, 1.54) is 39.2 Å². The Hall–Kier alpha value is -1.51. The molecular weight excluding hydrogens is 250 g/mol. The maximum atomic E-state index is 11.5. The van der Waals surface area contributed by atoms with Gasteiger partial charge in [-0.15, -0.1) is 0 Å². The number of hydrogen-bond donors (Lipinski definition) is 1. The first-order valence-corrected chi connectivity index (χ1v) is 7.59. The number of nitrogens with one attached hydrogen (secondary N) is 1. The van der Waals surface area contributed by atoms with Crippen molar-refractivity contribution < 1.29 is 9.53 Å². The van der Waals surface area contributed by atoms with Crippen LogP contribution in [0.15, 0.2) is 18.2 Å². The number of ether oxygens (including phenoxy) is 1. The highest BCUT2D eigenvalue weighted by molar-refractivity contribution is 5.90. The van der Waals surface area contributed by atoms with E-state index in [0.29, 0.717) is 11.6 Å².